The summed E-state index contributed by atoms with van der Waals surface area (Å²) in [6.45, 7) is 6.02. The molecule has 0 bridgehead atoms. The van der Waals surface area contributed by atoms with Gasteiger partial charge in [0.05, 0.1) is 13.7 Å². The van der Waals surface area contributed by atoms with Gasteiger partial charge in [-0.05, 0) is 45.2 Å². The van der Waals surface area contributed by atoms with Gasteiger partial charge in [-0.15, -0.1) is 10.2 Å². The SMILES string of the molecule is COc1cc(NCc2nnc(C(C)O)s2)nc(C)n1.Cc1ccc(C2CC2)nc1. The first-order valence-electron chi connectivity index (χ1n) is 9.51. The minimum absolute atomic E-state index is 0.490. The summed E-state index contributed by atoms with van der Waals surface area (Å²) in [5.74, 6) is 2.60. The fraction of sp³-hybridized carbons (Fsp3) is 0.450. The fourth-order valence-electron chi connectivity index (χ4n) is 2.51. The maximum atomic E-state index is 9.38. The molecule has 0 spiro atoms. The van der Waals surface area contributed by atoms with Crippen molar-refractivity contribution >= 4 is 17.2 Å². The fourth-order valence-corrected chi connectivity index (χ4v) is 3.23. The zero-order chi connectivity index (χ0) is 20.8. The Balaban J connectivity index is 0.000000200. The highest BCUT2D eigenvalue weighted by Crippen LogP contribution is 2.38. The molecule has 8 nitrogen and oxygen atoms in total. The lowest BCUT2D eigenvalue weighted by Gasteiger charge is -2.06. The van der Waals surface area contributed by atoms with Crippen molar-refractivity contribution in [3.8, 4) is 5.88 Å². The molecule has 0 aliphatic heterocycles. The van der Waals surface area contributed by atoms with Crippen molar-refractivity contribution in [2.45, 2.75) is 52.2 Å². The van der Waals surface area contributed by atoms with Crippen molar-refractivity contribution in [1.29, 1.82) is 0 Å². The van der Waals surface area contributed by atoms with Gasteiger partial charge in [0, 0.05) is 23.9 Å². The average molecular weight is 415 g/mol. The predicted octanol–water partition coefficient (Wildman–Crippen LogP) is 3.58. The van der Waals surface area contributed by atoms with Crippen molar-refractivity contribution in [3.63, 3.8) is 0 Å². The van der Waals surface area contributed by atoms with Crippen LogP contribution in [0.2, 0.25) is 0 Å². The molecule has 3 aromatic heterocycles. The number of hydrogen-bond donors (Lipinski definition) is 2. The first kappa shape index (κ1) is 21.1. The molecule has 1 aliphatic rings. The van der Waals surface area contributed by atoms with Crippen LogP contribution >= 0.6 is 11.3 Å². The topological polar surface area (TPSA) is 106 Å². The molecule has 3 heterocycles. The Kier molecular flexibility index (Phi) is 7.05. The van der Waals surface area contributed by atoms with Gasteiger partial charge in [0.1, 0.15) is 27.8 Å². The van der Waals surface area contributed by atoms with E-state index >= 15 is 0 Å². The smallest absolute Gasteiger partial charge is 0.218 e. The van der Waals surface area contributed by atoms with Crippen LogP contribution in [0.5, 0.6) is 5.88 Å². The maximum Gasteiger partial charge on any atom is 0.218 e. The predicted molar refractivity (Wildman–Crippen MR) is 112 cm³/mol. The average Bonchev–Trinajstić information content (AvgIpc) is 3.44. The van der Waals surface area contributed by atoms with Crippen LogP contribution < -0.4 is 10.1 Å². The van der Waals surface area contributed by atoms with E-state index in [2.05, 4.69) is 49.5 Å². The second-order valence-corrected chi connectivity index (χ2v) is 8.03. The number of ether oxygens (including phenoxy) is 1. The number of anilines is 1. The number of methoxy groups -OCH3 is 1. The van der Waals surface area contributed by atoms with Gasteiger partial charge in [-0.3, -0.25) is 4.98 Å². The minimum Gasteiger partial charge on any atom is -0.481 e. The highest BCUT2D eigenvalue weighted by atomic mass is 32.1. The first-order valence-corrected chi connectivity index (χ1v) is 10.3. The molecule has 0 amide bonds. The Bertz CT molecular complexity index is 925. The van der Waals surface area contributed by atoms with Crippen molar-refractivity contribution in [2.75, 3.05) is 12.4 Å². The summed E-state index contributed by atoms with van der Waals surface area (Å²) in [5.41, 5.74) is 2.54. The molecule has 1 unspecified atom stereocenters. The molecule has 2 N–H and O–H groups in total. The minimum atomic E-state index is -0.590. The van der Waals surface area contributed by atoms with E-state index in [9.17, 15) is 5.11 Å². The van der Waals surface area contributed by atoms with E-state index in [-0.39, 0.29) is 0 Å². The number of aromatic nitrogens is 5. The van der Waals surface area contributed by atoms with Gasteiger partial charge < -0.3 is 15.2 Å². The number of hydrogen-bond acceptors (Lipinski definition) is 9. The van der Waals surface area contributed by atoms with E-state index < -0.39 is 6.10 Å². The van der Waals surface area contributed by atoms with E-state index in [1.807, 2.05) is 6.20 Å². The molecule has 1 atom stereocenters. The highest BCUT2D eigenvalue weighted by Gasteiger charge is 2.24. The number of aryl methyl sites for hydroxylation is 2. The summed E-state index contributed by atoms with van der Waals surface area (Å²) in [6, 6.07) is 6.00. The van der Waals surface area contributed by atoms with Gasteiger partial charge in [0.15, 0.2) is 0 Å². The molecule has 1 fully saturated rings. The van der Waals surface area contributed by atoms with Crippen molar-refractivity contribution in [1.82, 2.24) is 25.1 Å². The first-order chi connectivity index (χ1) is 13.9. The van der Waals surface area contributed by atoms with Crippen LogP contribution in [0.4, 0.5) is 5.82 Å². The highest BCUT2D eigenvalue weighted by molar-refractivity contribution is 7.11. The summed E-state index contributed by atoms with van der Waals surface area (Å²) in [5, 5.41) is 21.8. The van der Waals surface area contributed by atoms with Crippen molar-refractivity contribution < 1.29 is 9.84 Å². The summed E-state index contributed by atoms with van der Waals surface area (Å²) >= 11 is 1.36. The normalized spacial score (nSPS) is 14.0. The lowest BCUT2D eigenvalue weighted by atomic mass is 10.2. The maximum absolute atomic E-state index is 9.38. The van der Waals surface area contributed by atoms with Crippen LogP contribution in [-0.2, 0) is 6.54 Å². The molecule has 1 aliphatic carbocycles. The Hall–Kier alpha value is -2.65. The van der Waals surface area contributed by atoms with E-state index in [0.717, 1.165) is 10.9 Å². The van der Waals surface area contributed by atoms with E-state index in [4.69, 9.17) is 4.74 Å². The summed E-state index contributed by atoms with van der Waals surface area (Å²) in [7, 11) is 1.56. The quantitative estimate of drug-likeness (QED) is 0.630. The van der Waals surface area contributed by atoms with Gasteiger partial charge in [-0.1, -0.05) is 17.4 Å². The molecule has 1 saturated carbocycles. The second-order valence-electron chi connectivity index (χ2n) is 6.94. The standard InChI is InChI=1S/C11H15N5O2S.C9H11N/c1-6(17)11-16-15-10(19-11)5-12-8-4-9(18-3)14-7(2)13-8;1-7-2-5-9(10-6-7)8-3-4-8/h4,6,17H,5H2,1-3H3,(H,12,13,14);2,5-6,8H,3-4H2,1H3. The third-order valence-corrected chi connectivity index (χ3v) is 5.31. The number of nitrogens with zero attached hydrogens (tertiary/aromatic N) is 5. The molecule has 4 rings (SSSR count). The van der Waals surface area contributed by atoms with Gasteiger partial charge >= 0.3 is 0 Å². The van der Waals surface area contributed by atoms with Crippen LogP contribution in [-0.4, -0.2) is 37.4 Å². The second kappa shape index (κ2) is 9.71. The van der Waals surface area contributed by atoms with Gasteiger partial charge in [0.2, 0.25) is 5.88 Å². The van der Waals surface area contributed by atoms with Crippen LogP contribution in [0.3, 0.4) is 0 Å². The van der Waals surface area contributed by atoms with Crippen molar-refractivity contribution in [2.24, 2.45) is 0 Å². The van der Waals surface area contributed by atoms with Crippen LogP contribution in [0, 0.1) is 13.8 Å². The molecule has 9 heteroatoms. The molecule has 29 heavy (non-hydrogen) atoms. The van der Waals surface area contributed by atoms with E-state index in [1.165, 1.54) is 35.4 Å². The third-order valence-electron chi connectivity index (χ3n) is 4.21. The largest absolute Gasteiger partial charge is 0.481 e. The molecule has 0 aromatic carbocycles. The summed E-state index contributed by atoms with van der Waals surface area (Å²) in [4.78, 5) is 12.7. The number of nitrogens with one attached hydrogen (secondary N) is 1. The zero-order valence-electron chi connectivity index (χ0n) is 17.1. The lowest BCUT2D eigenvalue weighted by Crippen LogP contribution is -2.03. The summed E-state index contributed by atoms with van der Waals surface area (Å²) in [6.07, 6.45) is 4.05. The third kappa shape index (κ3) is 6.43. The van der Waals surface area contributed by atoms with Gasteiger partial charge in [-0.25, -0.2) is 4.98 Å². The number of rotatable bonds is 6. The van der Waals surface area contributed by atoms with E-state index in [1.54, 1.807) is 27.0 Å². The van der Waals surface area contributed by atoms with Gasteiger partial charge in [-0.2, -0.15) is 4.98 Å². The molecule has 154 valence electrons. The monoisotopic (exact) mass is 414 g/mol. The lowest BCUT2D eigenvalue weighted by molar-refractivity contribution is 0.198. The number of pyridine rings is 1. The van der Waals surface area contributed by atoms with Crippen LogP contribution in [0.25, 0.3) is 0 Å². The van der Waals surface area contributed by atoms with Crippen LogP contribution in [0.15, 0.2) is 24.4 Å². The molecular weight excluding hydrogens is 388 g/mol. The number of aliphatic hydroxyl groups excluding tert-OH is 1. The van der Waals surface area contributed by atoms with Gasteiger partial charge in [0.25, 0.3) is 0 Å². The zero-order valence-corrected chi connectivity index (χ0v) is 17.9. The Morgan fingerprint density at radius 2 is 2.03 bits per heavy atom. The Morgan fingerprint density at radius 1 is 1.24 bits per heavy atom. The Labute approximate surface area is 174 Å². The molecule has 3 aromatic rings. The van der Waals surface area contributed by atoms with Crippen molar-refractivity contribution in [3.05, 3.63) is 51.5 Å². The number of aliphatic hydroxyl groups is 1. The Morgan fingerprint density at radius 3 is 2.62 bits per heavy atom. The molecule has 0 radical (unpaired) electrons. The van der Waals surface area contributed by atoms with Crippen LogP contribution in [0.1, 0.15) is 58.9 Å². The molecule has 0 saturated heterocycles. The summed E-state index contributed by atoms with van der Waals surface area (Å²) < 4.78 is 5.07. The van der Waals surface area contributed by atoms with E-state index in [0.29, 0.717) is 29.1 Å². The molecular formula is C20H26N6O2S.